The van der Waals surface area contributed by atoms with E-state index in [4.69, 9.17) is 32.7 Å². The third-order valence-electron chi connectivity index (χ3n) is 4.80. The van der Waals surface area contributed by atoms with Crippen molar-refractivity contribution in [3.05, 3.63) is 70.0 Å². The van der Waals surface area contributed by atoms with E-state index in [0.717, 1.165) is 6.07 Å². The molecule has 0 aliphatic rings. The number of carbonyl (C=O) groups is 1. The zero-order valence-corrected chi connectivity index (χ0v) is 19.1. The number of rotatable bonds is 5. The Morgan fingerprint density at radius 3 is 2.41 bits per heavy atom. The Hall–Kier alpha value is -3.50. The normalized spacial score (nSPS) is 11.5. The van der Waals surface area contributed by atoms with Gasteiger partial charge in [-0.1, -0.05) is 29.3 Å². The maximum absolute atomic E-state index is 13.9. The fourth-order valence-electron chi connectivity index (χ4n) is 3.24. The molecule has 34 heavy (non-hydrogen) atoms. The van der Waals surface area contributed by atoms with Crippen molar-refractivity contribution in [1.29, 1.82) is 0 Å². The molecule has 0 bridgehead atoms. The number of ether oxygens (including phenoxy) is 2. The van der Waals surface area contributed by atoms with Crippen molar-refractivity contribution in [3.8, 4) is 22.8 Å². The van der Waals surface area contributed by atoms with E-state index in [1.54, 1.807) is 18.2 Å². The van der Waals surface area contributed by atoms with Crippen molar-refractivity contribution >= 4 is 40.4 Å². The van der Waals surface area contributed by atoms with E-state index in [9.17, 15) is 18.0 Å². The standard InChI is InChI=1S/C22H15Cl2F3N4O3/c1-33-15-7-6-11(8-16(15)34-2)14-10-17(22(25,26)27)31-20(29-14)18(24)19(30-31)21(32)28-13-5-3-4-12(23)9-13/h3-10H,1-2H3,(H,28,32). The molecule has 0 spiro atoms. The zero-order chi connectivity index (χ0) is 24.6. The first-order valence-corrected chi connectivity index (χ1v) is 10.3. The van der Waals surface area contributed by atoms with E-state index in [1.165, 1.54) is 38.5 Å². The van der Waals surface area contributed by atoms with Gasteiger partial charge in [-0.15, -0.1) is 0 Å². The average Bonchev–Trinajstić information content (AvgIpc) is 3.13. The van der Waals surface area contributed by atoms with E-state index in [1.807, 2.05) is 0 Å². The summed E-state index contributed by atoms with van der Waals surface area (Å²) in [5.41, 5.74) is -1.34. The van der Waals surface area contributed by atoms with E-state index in [0.29, 0.717) is 32.3 Å². The molecule has 0 fully saturated rings. The fourth-order valence-corrected chi connectivity index (χ4v) is 3.67. The SMILES string of the molecule is COc1ccc(-c2cc(C(F)(F)F)n3nc(C(=O)Nc4cccc(Cl)c4)c(Cl)c3n2)cc1OC. The average molecular weight is 511 g/mol. The smallest absolute Gasteiger partial charge is 0.433 e. The van der Waals surface area contributed by atoms with Gasteiger partial charge < -0.3 is 14.8 Å². The lowest BCUT2D eigenvalue weighted by molar-refractivity contribution is -0.142. The number of nitrogens with zero attached hydrogens (tertiary/aromatic N) is 3. The Morgan fingerprint density at radius 1 is 1.03 bits per heavy atom. The van der Waals surface area contributed by atoms with Crippen molar-refractivity contribution in [2.24, 2.45) is 0 Å². The predicted octanol–water partition coefficient (Wildman–Crippen LogP) is 5.99. The molecule has 2 aromatic carbocycles. The van der Waals surface area contributed by atoms with Gasteiger partial charge in [0.25, 0.3) is 5.91 Å². The van der Waals surface area contributed by atoms with Crippen LogP contribution in [-0.4, -0.2) is 34.7 Å². The molecule has 0 atom stereocenters. The second-order valence-electron chi connectivity index (χ2n) is 6.96. The topological polar surface area (TPSA) is 77.8 Å². The van der Waals surface area contributed by atoms with Crippen LogP contribution < -0.4 is 14.8 Å². The number of alkyl halides is 3. The molecule has 0 radical (unpaired) electrons. The third kappa shape index (κ3) is 4.46. The summed E-state index contributed by atoms with van der Waals surface area (Å²) in [5.74, 6) is -0.124. The molecule has 2 aromatic heterocycles. The number of nitrogens with one attached hydrogen (secondary N) is 1. The van der Waals surface area contributed by atoms with Gasteiger partial charge in [-0.25, -0.2) is 9.50 Å². The summed E-state index contributed by atoms with van der Waals surface area (Å²) in [4.78, 5) is 17.0. The second kappa shape index (κ2) is 9.03. The van der Waals surface area contributed by atoms with Crippen molar-refractivity contribution in [1.82, 2.24) is 14.6 Å². The summed E-state index contributed by atoms with van der Waals surface area (Å²) in [6.07, 6.45) is -4.82. The lowest BCUT2D eigenvalue weighted by atomic mass is 10.1. The van der Waals surface area contributed by atoms with Gasteiger partial charge in [0.05, 0.1) is 19.9 Å². The first kappa shape index (κ1) is 23.7. The summed E-state index contributed by atoms with van der Waals surface area (Å²) in [5, 5.41) is 6.34. The largest absolute Gasteiger partial charge is 0.493 e. The first-order valence-electron chi connectivity index (χ1n) is 9.58. The van der Waals surface area contributed by atoms with Crippen LogP contribution in [0.2, 0.25) is 10.0 Å². The number of hydrogen-bond donors (Lipinski definition) is 1. The number of halogens is 5. The molecule has 12 heteroatoms. The summed E-state index contributed by atoms with van der Waals surface area (Å²) in [6.45, 7) is 0. The van der Waals surface area contributed by atoms with Gasteiger partial charge in [0.15, 0.2) is 28.5 Å². The van der Waals surface area contributed by atoms with Crippen LogP contribution in [-0.2, 0) is 6.18 Å². The van der Waals surface area contributed by atoms with Crippen molar-refractivity contribution in [2.75, 3.05) is 19.5 Å². The maximum atomic E-state index is 13.9. The van der Waals surface area contributed by atoms with Gasteiger partial charge in [0.1, 0.15) is 5.02 Å². The van der Waals surface area contributed by atoms with Crippen LogP contribution in [0.25, 0.3) is 16.9 Å². The summed E-state index contributed by atoms with van der Waals surface area (Å²) >= 11 is 12.2. The van der Waals surface area contributed by atoms with Gasteiger partial charge in [0, 0.05) is 16.3 Å². The van der Waals surface area contributed by atoms with Crippen LogP contribution in [0.1, 0.15) is 16.2 Å². The predicted molar refractivity (Wildman–Crippen MR) is 121 cm³/mol. The minimum atomic E-state index is -4.82. The molecule has 0 saturated heterocycles. The Balaban J connectivity index is 1.85. The highest BCUT2D eigenvalue weighted by Gasteiger charge is 2.37. The summed E-state index contributed by atoms with van der Waals surface area (Å²) in [7, 11) is 2.84. The number of benzene rings is 2. The van der Waals surface area contributed by atoms with E-state index >= 15 is 0 Å². The highest BCUT2D eigenvalue weighted by Crippen LogP contribution is 2.37. The molecule has 1 N–H and O–H groups in total. The van der Waals surface area contributed by atoms with Crippen LogP contribution in [0.3, 0.4) is 0 Å². The van der Waals surface area contributed by atoms with E-state index in [-0.39, 0.29) is 16.4 Å². The molecule has 0 saturated carbocycles. The zero-order valence-electron chi connectivity index (χ0n) is 17.6. The van der Waals surface area contributed by atoms with E-state index in [2.05, 4.69) is 15.4 Å². The number of aromatic nitrogens is 3. The summed E-state index contributed by atoms with van der Waals surface area (Å²) in [6, 6.07) is 11.6. The highest BCUT2D eigenvalue weighted by molar-refractivity contribution is 6.37. The second-order valence-corrected chi connectivity index (χ2v) is 7.77. The lowest BCUT2D eigenvalue weighted by Gasteiger charge is -2.12. The Morgan fingerprint density at radius 2 is 1.76 bits per heavy atom. The van der Waals surface area contributed by atoms with Gasteiger partial charge in [-0.2, -0.15) is 18.3 Å². The molecule has 176 valence electrons. The third-order valence-corrected chi connectivity index (χ3v) is 5.38. The van der Waals surface area contributed by atoms with Crippen LogP contribution >= 0.6 is 23.2 Å². The van der Waals surface area contributed by atoms with Crippen LogP contribution in [0.15, 0.2) is 48.5 Å². The number of amides is 1. The molecule has 2 heterocycles. The number of anilines is 1. The Kier molecular flexibility index (Phi) is 6.28. The number of carbonyl (C=O) groups excluding carboxylic acids is 1. The van der Waals surface area contributed by atoms with Crippen molar-refractivity contribution in [3.63, 3.8) is 0 Å². The van der Waals surface area contributed by atoms with E-state index < -0.39 is 23.5 Å². The number of methoxy groups -OCH3 is 2. The summed E-state index contributed by atoms with van der Waals surface area (Å²) < 4.78 is 52.7. The molecule has 1 amide bonds. The van der Waals surface area contributed by atoms with Crippen LogP contribution in [0.4, 0.5) is 18.9 Å². The van der Waals surface area contributed by atoms with Crippen LogP contribution in [0, 0.1) is 0 Å². The van der Waals surface area contributed by atoms with Crippen molar-refractivity contribution < 1.29 is 27.4 Å². The Bertz CT molecular complexity index is 1410. The van der Waals surface area contributed by atoms with Gasteiger partial charge in [-0.3, -0.25) is 4.79 Å². The molecular weight excluding hydrogens is 496 g/mol. The number of fused-ring (bicyclic) bond motifs is 1. The molecular formula is C22H15Cl2F3N4O3. The fraction of sp³-hybridized carbons (Fsp3) is 0.136. The highest BCUT2D eigenvalue weighted by atomic mass is 35.5. The molecule has 0 aliphatic carbocycles. The van der Waals surface area contributed by atoms with Gasteiger partial charge in [0.2, 0.25) is 0 Å². The quantitative estimate of drug-likeness (QED) is 0.356. The van der Waals surface area contributed by atoms with Gasteiger partial charge in [-0.05, 0) is 42.5 Å². The molecule has 0 aliphatic heterocycles. The molecule has 7 nitrogen and oxygen atoms in total. The van der Waals surface area contributed by atoms with Crippen LogP contribution in [0.5, 0.6) is 11.5 Å². The molecule has 0 unspecified atom stereocenters. The van der Waals surface area contributed by atoms with Crippen molar-refractivity contribution in [2.45, 2.75) is 6.18 Å². The first-order chi connectivity index (χ1) is 16.1. The molecule has 4 aromatic rings. The number of hydrogen-bond acceptors (Lipinski definition) is 5. The maximum Gasteiger partial charge on any atom is 0.433 e. The monoisotopic (exact) mass is 510 g/mol. The minimum Gasteiger partial charge on any atom is -0.493 e. The Labute approximate surface area is 201 Å². The minimum absolute atomic E-state index is 0.0515. The van der Waals surface area contributed by atoms with Gasteiger partial charge >= 0.3 is 6.18 Å². The lowest BCUT2D eigenvalue weighted by Crippen LogP contribution is -2.15. The molecule has 4 rings (SSSR count).